The third kappa shape index (κ3) is 9.07. The maximum absolute atomic E-state index is 7.58. The van der Waals surface area contributed by atoms with Gasteiger partial charge in [0.2, 0.25) is 0 Å². The van der Waals surface area contributed by atoms with E-state index in [1.807, 2.05) is 0 Å². The molecule has 1 aromatic carbocycles. The van der Waals surface area contributed by atoms with E-state index in [9.17, 15) is 0 Å². The Hall–Kier alpha value is -4.11. The van der Waals surface area contributed by atoms with Crippen LogP contribution in [-0.4, -0.2) is 71.7 Å². The topological polar surface area (TPSA) is 56.5 Å². The van der Waals surface area contributed by atoms with Crippen molar-refractivity contribution in [2.45, 2.75) is 109 Å². The van der Waals surface area contributed by atoms with Gasteiger partial charge in [-0.05, 0) is 103 Å². The van der Waals surface area contributed by atoms with Crippen LogP contribution in [0.1, 0.15) is 103 Å². The molecule has 2 fully saturated rings. The van der Waals surface area contributed by atoms with Gasteiger partial charge in [0.15, 0.2) is 12.4 Å². The molecule has 60 heavy (non-hydrogen) atoms. The standard InChI is InChI=1S/C52H72N3O5/c1-51(2)43-34-41(58-8)23-25-45(43)54(30-14-32-56-6)47(51)27-21-38-19-20-39(49(38)60-50(37-16-11-10-12-17-37)40-18-13-29-53(5)36-40)22-28-48-52(3,4)44-35-42(59-9)24-26-46(44)55(48)31-15-33-57-7/h13,18,21-29,34-37,43,45,47,50H,10-12,14-17,19-20,30-33H2,1-9H3/q+1/b27-21+,39-22+,48-28+. The summed E-state index contributed by atoms with van der Waals surface area (Å²) in [6.07, 6.45) is 30.9. The summed E-state index contributed by atoms with van der Waals surface area (Å²) >= 11 is 0. The van der Waals surface area contributed by atoms with E-state index in [1.54, 1.807) is 28.4 Å². The summed E-state index contributed by atoms with van der Waals surface area (Å²) in [6.45, 7) is 12.9. The molecule has 0 bridgehead atoms. The second kappa shape index (κ2) is 19.3. The van der Waals surface area contributed by atoms with Gasteiger partial charge in [0.25, 0.3) is 0 Å². The Morgan fingerprint density at radius 2 is 1.67 bits per heavy atom. The molecule has 0 N–H and O–H groups in total. The van der Waals surface area contributed by atoms with Gasteiger partial charge in [-0.25, -0.2) is 4.57 Å². The zero-order chi connectivity index (χ0) is 42.4. The number of fused-ring (bicyclic) bond motifs is 2. The van der Waals surface area contributed by atoms with Crippen LogP contribution in [0.25, 0.3) is 0 Å². The van der Waals surface area contributed by atoms with Crippen molar-refractivity contribution in [2.24, 2.45) is 24.3 Å². The number of methoxy groups -OCH3 is 4. The van der Waals surface area contributed by atoms with E-state index in [1.165, 1.54) is 65.8 Å². The number of anilines is 1. The highest BCUT2D eigenvalue weighted by molar-refractivity contribution is 5.72. The lowest BCUT2D eigenvalue weighted by Gasteiger charge is -2.32. The molecule has 0 amide bonds. The van der Waals surface area contributed by atoms with Crippen molar-refractivity contribution >= 4 is 5.69 Å². The molecule has 1 saturated heterocycles. The van der Waals surface area contributed by atoms with Crippen LogP contribution in [0.3, 0.4) is 0 Å². The van der Waals surface area contributed by atoms with E-state index in [0.717, 1.165) is 69.3 Å². The Bertz CT molecular complexity index is 2000. The average molecular weight is 819 g/mol. The van der Waals surface area contributed by atoms with E-state index in [0.29, 0.717) is 17.9 Å². The number of hydrogen-bond acceptors (Lipinski definition) is 7. The first kappa shape index (κ1) is 44.0. The van der Waals surface area contributed by atoms with Crippen molar-refractivity contribution in [3.05, 3.63) is 125 Å². The highest BCUT2D eigenvalue weighted by Crippen LogP contribution is 2.51. The molecule has 1 saturated carbocycles. The number of rotatable bonds is 17. The number of likely N-dealkylation sites (tertiary alicyclic amines) is 1. The number of pyridine rings is 1. The molecule has 324 valence electrons. The lowest BCUT2D eigenvalue weighted by molar-refractivity contribution is -0.672. The fourth-order valence-corrected chi connectivity index (χ4v) is 10.8. The van der Waals surface area contributed by atoms with Gasteiger partial charge < -0.3 is 28.6 Å². The maximum Gasteiger partial charge on any atom is 0.175 e. The molecular formula is C52H72N3O5+. The smallest absolute Gasteiger partial charge is 0.175 e. The third-order valence-electron chi connectivity index (χ3n) is 14.1. The largest absolute Gasteiger partial charge is 0.497 e. The Morgan fingerprint density at radius 1 is 0.900 bits per heavy atom. The van der Waals surface area contributed by atoms with Crippen molar-refractivity contribution in [1.82, 2.24) is 4.90 Å². The van der Waals surface area contributed by atoms with Gasteiger partial charge in [-0.15, -0.1) is 0 Å². The monoisotopic (exact) mass is 819 g/mol. The van der Waals surface area contributed by atoms with Crippen LogP contribution in [0.5, 0.6) is 5.75 Å². The SMILES string of the molecule is COCCCN1/C(=C/C=C2\CCC(/C=C/C3N(CCCOC)C4C=CC(OC)=CC4C3(C)C)=C2OC(c2ccc[n+](C)c2)C2CCCCC2)C(C)(C)c2cc(OC)ccc21. The second-order valence-corrected chi connectivity index (χ2v) is 18.7. The second-order valence-electron chi connectivity index (χ2n) is 18.7. The van der Waals surface area contributed by atoms with Crippen molar-refractivity contribution in [3.8, 4) is 5.75 Å². The van der Waals surface area contributed by atoms with Crippen LogP contribution in [0.15, 0.2) is 114 Å². The van der Waals surface area contributed by atoms with Gasteiger partial charge in [-0.2, -0.15) is 0 Å². The lowest BCUT2D eigenvalue weighted by Crippen LogP contribution is -2.39. The summed E-state index contributed by atoms with van der Waals surface area (Å²) in [5.74, 6) is 3.71. The lowest BCUT2D eigenvalue weighted by atomic mass is 9.73. The van der Waals surface area contributed by atoms with E-state index in [2.05, 4.69) is 134 Å². The Kier molecular flexibility index (Phi) is 14.1. The highest BCUT2D eigenvalue weighted by atomic mass is 16.5. The minimum absolute atomic E-state index is 0.0190. The fourth-order valence-electron chi connectivity index (χ4n) is 10.8. The number of aromatic nitrogens is 1. The number of aryl methyl sites for hydroxylation is 1. The normalized spacial score (nSPS) is 25.6. The van der Waals surface area contributed by atoms with E-state index in [4.69, 9.17) is 23.7 Å². The Morgan fingerprint density at radius 3 is 2.38 bits per heavy atom. The highest BCUT2D eigenvalue weighted by Gasteiger charge is 2.52. The average Bonchev–Trinajstić information content (AvgIpc) is 3.81. The Labute approximate surface area is 361 Å². The van der Waals surface area contributed by atoms with Crippen molar-refractivity contribution in [1.29, 1.82) is 0 Å². The number of allylic oxidation sites excluding steroid dienone is 7. The van der Waals surface area contributed by atoms with Gasteiger partial charge in [-0.3, -0.25) is 4.90 Å². The minimum atomic E-state index is -0.216. The molecule has 0 spiro atoms. The van der Waals surface area contributed by atoms with Crippen molar-refractivity contribution in [3.63, 3.8) is 0 Å². The summed E-state index contributed by atoms with van der Waals surface area (Å²) in [6, 6.07) is 11.5. The van der Waals surface area contributed by atoms with E-state index in [-0.39, 0.29) is 23.0 Å². The Balaban J connectivity index is 1.31. The van der Waals surface area contributed by atoms with Crippen molar-refractivity contribution < 1.29 is 28.3 Å². The summed E-state index contributed by atoms with van der Waals surface area (Å²) in [7, 11) is 9.24. The van der Waals surface area contributed by atoms with Crippen LogP contribution in [0, 0.1) is 17.3 Å². The van der Waals surface area contributed by atoms with Crippen LogP contribution in [0.4, 0.5) is 5.69 Å². The number of nitrogens with zero attached hydrogens (tertiary/aromatic N) is 3. The first-order valence-electron chi connectivity index (χ1n) is 22.6. The van der Waals surface area contributed by atoms with Gasteiger partial charge >= 0.3 is 0 Å². The molecule has 3 aliphatic carbocycles. The summed E-state index contributed by atoms with van der Waals surface area (Å²) < 4.78 is 32.3. The maximum atomic E-state index is 7.58. The molecule has 7 rings (SSSR count). The molecule has 3 heterocycles. The number of ether oxygens (including phenoxy) is 5. The summed E-state index contributed by atoms with van der Waals surface area (Å²) in [5.41, 5.74) is 7.41. The first-order chi connectivity index (χ1) is 29.0. The van der Waals surface area contributed by atoms with Gasteiger partial charge in [0.05, 0.1) is 19.8 Å². The number of hydrogen-bond donors (Lipinski definition) is 0. The number of benzene rings is 1. The fraction of sp³-hybridized carbons (Fsp3) is 0.558. The van der Waals surface area contributed by atoms with Gasteiger partial charge in [0.1, 0.15) is 30.4 Å². The van der Waals surface area contributed by atoms with Crippen LogP contribution in [-0.2, 0) is 31.4 Å². The van der Waals surface area contributed by atoms with Crippen molar-refractivity contribution in [2.75, 3.05) is 59.6 Å². The predicted octanol–water partition coefficient (Wildman–Crippen LogP) is 10.2. The minimum Gasteiger partial charge on any atom is -0.497 e. The predicted molar refractivity (Wildman–Crippen MR) is 242 cm³/mol. The quantitative estimate of drug-likeness (QED) is 0.116. The summed E-state index contributed by atoms with van der Waals surface area (Å²) in [5, 5.41) is 0. The molecule has 4 unspecified atom stereocenters. The summed E-state index contributed by atoms with van der Waals surface area (Å²) in [4.78, 5) is 5.19. The molecule has 2 aliphatic heterocycles. The van der Waals surface area contributed by atoms with E-state index < -0.39 is 0 Å². The molecule has 8 heteroatoms. The van der Waals surface area contributed by atoms with Gasteiger partial charge in [0, 0.05) is 87.3 Å². The molecule has 8 nitrogen and oxygen atoms in total. The first-order valence-corrected chi connectivity index (χ1v) is 22.6. The van der Waals surface area contributed by atoms with Crippen LogP contribution in [0.2, 0.25) is 0 Å². The molecule has 4 atom stereocenters. The van der Waals surface area contributed by atoms with Crippen LogP contribution < -0.4 is 14.2 Å². The molecule has 1 aromatic heterocycles. The molecule has 5 aliphatic rings. The molecular weight excluding hydrogens is 747 g/mol. The zero-order valence-corrected chi connectivity index (χ0v) is 38.0. The van der Waals surface area contributed by atoms with Crippen LogP contribution >= 0.6 is 0 Å². The molecule has 0 radical (unpaired) electrons. The van der Waals surface area contributed by atoms with E-state index >= 15 is 0 Å². The van der Waals surface area contributed by atoms with Gasteiger partial charge in [-0.1, -0.05) is 71.3 Å². The zero-order valence-electron chi connectivity index (χ0n) is 38.0. The molecule has 2 aromatic rings. The third-order valence-corrected chi connectivity index (χ3v) is 14.1.